The predicted molar refractivity (Wildman–Crippen MR) is 70.7 cm³/mol. The molecule has 0 radical (unpaired) electrons. The van der Waals surface area contributed by atoms with Gasteiger partial charge in [0.05, 0.1) is 0 Å². The number of carbonyl (C=O) groups excluding carboxylic acids is 1. The number of benzene rings is 1. The monoisotopic (exact) mass is 331 g/mol. The number of nitrogens with one attached hydrogen (secondary N) is 1. The van der Waals surface area contributed by atoms with Crippen molar-refractivity contribution in [3.8, 4) is 0 Å². The molecule has 0 unspecified atom stereocenters. The highest BCUT2D eigenvalue weighted by molar-refractivity contribution is 7.15. The van der Waals surface area contributed by atoms with Gasteiger partial charge in [0.15, 0.2) is 5.01 Å². The van der Waals surface area contributed by atoms with Gasteiger partial charge in [0.25, 0.3) is 6.43 Å². The molecule has 3 rings (SSSR count). The van der Waals surface area contributed by atoms with E-state index in [0.29, 0.717) is 17.8 Å². The third kappa shape index (κ3) is 2.94. The molecule has 0 aliphatic heterocycles. The Morgan fingerprint density at radius 3 is 2.73 bits per heavy atom. The fourth-order valence-corrected chi connectivity index (χ4v) is 2.80. The van der Waals surface area contributed by atoms with Crippen LogP contribution in [0.3, 0.4) is 0 Å². The Bertz CT molecular complexity index is 721. The van der Waals surface area contributed by atoms with Crippen LogP contribution in [-0.4, -0.2) is 16.1 Å². The number of hydrogen-bond donors (Lipinski definition) is 1. The maximum absolute atomic E-state index is 13.6. The molecule has 2 atom stereocenters. The number of amides is 1. The summed E-state index contributed by atoms with van der Waals surface area (Å²) in [6.45, 7) is 0. The Morgan fingerprint density at radius 2 is 2.09 bits per heavy atom. The van der Waals surface area contributed by atoms with E-state index in [1.54, 1.807) is 0 Å². The fraction of sp³-hybridized carbons (Fsp3) is 0.308. The number of anilines is 1. The predicted octanol–water partition coefficient (Wildman–Crippen LogP) is 3.50. The van der Waals surface area contributed by atoms with Crippen LogP contribution in [-0.2, 0) is 4.79 Å². The second-order valence-electron chi connectivity index (χ2n) is 4.85. The lowest BCUT2D eigenvalue weighted by Gasteiger charge is -2.03. The molecule has 0 saturated heterocycles. The number of alkyl halides is 2. The highest BCUT2D eigenvalue weighted by Gasteiger charge is 2.45. The largest absolute Gasteiger partial charge is 0.300 e. The Labute approximate surface area is 126 Å². The van der Waals surface area contributed by atoms with Crippen molar-refractivity contribution in [3.63, 3.8) is 0 Å². The normalized spacial score (nSPS) is 20.2. The lowest BCUT2D eigenvalue weighted by atomic mass is 10.1. The number of aromatic nitrogens is 2. The summed E-state index contributed by atoms with van der Waals surface area (Å²) in [7, 11) is 0. The minimum Gasteiger partial charge on any atom is -0.300 e. The molecule has 1 fully saturated rings. The molecule has 1 amide bonds. The molecule has 4 nitrogen and oxygen atoms in total. The molecule has 9 heteroatoms. The van der Waals surface area contributed by atoms with Crippen LogP contribution in [0.5, 0.6) is 0 Å². The van der Waals surface area contributed by atoms with Crippen LogP contribution < -0.4 is 5.32 Å². The summed E-state index contributed by atoms with van der Waals surface area (Å²) in [6, 6.07) is 3.20. The van der Waals surface area contributed by atoms with Gasteiger partial charge in [0, 0.05) is 12.0 Å². The molecule has 22 heavy (non-hydrogen) atoms. The number of nitrogens with zero attached hydrogens (tertiary/aromatic N) is 2. The van der Waals surface area contributed by atoms with E-state index >= 15 is 0 Å². The van der Waals surface area contributed by atoms with Crippen LogP contribution in [0.25, 0.3) is 0 Å². The van der Waals surface area contributed by atoms with Gasteiger partial charge in [-0.25, -0.2) is 17.6 Å². The average molecular weight is 331 g/mol. The van der Waals surface area contributed by atoms with Crippen LogP contribution in [0.4, 0.5) is 22.7 Å². The standard InChI is InChI=1S/C13H9F4N3OS/c14-5-1-2-6(9(15)3-5)7-4-8(7)11(21)18-13-20-19-12(22-13)10(16)17/h1-3,7-8,10H,4H2,(H,18,20,21)/t7-,8+/m1/s1. The van der Waals surface area contributed by atoms with Crippen molar-refractivity contribution in [1.82, 2.24) is 10.2 Å². The Morgan fingerprint density at radius 1 is 1.32 bits per heavy atom. The lowest BCUT2D eigenvalue weighted by molar-refractivity contribution is -0.117. The third-order valence-corrected chi connectivity index (χ3v) is 4.19. The van der Waals surface area contributed by atoms with E-state index in [1.807, 2.05) is 0 Å². The van der Waals surface area contributed by atoms with Gasteiger partial charge in [0.2, 0.25) is 11.0 Å². The van der Waals surface area contributed by atoms with E-state index < -0.39 is 34.9 Å². The topological polar surface area (TPSA) is 54.9 Å². The van der Waals surface area contributed by atoms with Crippen molar-refractivity contribution in [2.24, 2.45) is 5.92 Å². The fourth-order valence-electron chi connectivity index (χ4n) is 2.20. The van der Waals surface area contributed by atoms with Gasteiger partial charge in [-0.1, -0.05) is 17.4 Å². The lowest BCUT2D eigenvalue weighted by Crippen LogP contribution is -2.14. The zero-order chi connectivity index (χ0) is 15.9. The molecule has 2 aromatic rings. The second-order valence-corrected chi connectivity index (χ2v) is 5.86. The molecular formula is C13H9F4N3OS. The van der Waals surface area contributed by atoms with E-state index in [-0.39, 0.29) is 16.6 Å². The molecule has 1 saturated carbocycles. The van der Waals surface area contributed by atoms with Crippen molar-refractivity contribution in [2.45, 2.75) is 18.8 Å². The van der Waals surface area contributed by atoms with Crippen molar-refractivity contribution >= 4 is 22.4 Å². The van der Waals surface area contributed by atoms with Crippen molar-refractivity contribution in [1.29, 1.82) is 0 Å². The highest BCUT2D eigenvalue weighted by Crippen LogP contribution is 2.49. The second kappa shape index (κ2) is 5.64. The van der Waals surface area contributed by atoms with Crippen LogP contribution in [0, 0.1) is 17.6 Å². The van der Waals surface area contributed by atoms with Crippen LogP contribution in [0.2, 0.25) is 0 Å². The third-order valence-electron chi connectivity index (χ3n) is 3.35. The average Bonchev–Trinajstić information content (AvgIpc) is 3.10. The molecule has 0 spiro atoms. The number of hydrogen-bond acceptors (Lipinski definition) is 4. The molecule has 1 aromatic carbocycles. The molecule has 116 valence electrons. The van der Waals surface area contributed by atoms with Gasteiger partial charge in [-0.3, -0.25) is 4.79 Å². The summed E-state index contributed by atoms with van der Waals surface area (Å²) in [5, 5.41) is 8.58. The van der Waals surface area contributed by atoms with Crippen molar-refractivity contribution < 1.29 is 22.4 Å². The Hall–Kier alpha value is -2.03. The number of rotatable bonds is 4. The first-order valence-corrected chi connectivity index (χ1v) is 7.14. The summed E-state index contributed by atoms with van der Waals surface area (Å²) < 4.78 is 51.2. The summed E-state index contributed by atoms with van der Waals surface area (Å²) in [5.41, 5.74) is 0.270. The highest BCUT2D eigenvalue weighted by atomic mass is 32.1. The van der Waals surface area contributed by atoms with Gasteiger partial charge < -0.3 is 5.32 Å². The molecule has 1 N–H and O–H groups in total. The summed E-state index contributed by atoms with van der Waals surface area (Å²) >= 11 is 0.589. The van der Waals surface area contributed by atoms with Crippen LogP contribution in [0.15, 0.2) is 18.2 Å². The van der Waals surface area contributed by atoms with E-state index in [9.17, 15) is 22.4 Å². The minimum absolute atomic E-state index is 0.0227. The van der Waals surface area contributed by atoms with Crippen molar-refractivity contribution in [3.05, 3.63) is 40.4 Å². The summed E-state index contributed by atoms with van der Waals surface area (Å²) in [6.07, 6.45) is -2.33. The maximum Gasteiger partial charge on any atom is 0.291 e. The molecular weight excluding hydrogens is 322 g/mol. The first kappa shape index (κ1) is 14.9. The molecule has 1 aromatic heterocycles. The van der Waals surface area contributed by atoms with Gasteiger partial charge in [-0.2, -0.15) is 0 Å². The first-order chi connectivity index (χ1) is 10.5. The van der Waals surface area contributed by atoms with Gasteiger partial charge in [-0.05, 0) is 24.0 Å². The molecule has 1 aliphatic rings. The van der Waals surface area contributed by atoms with E-state index in [1.165, 1.54) is 6.07 Å². The first-order valence-electron chi connectivity index (χ1n) is 6.33. The van der Waals surface area contributed by atoms with Crippen LogP contribution in [0.1, 0.15) is 29.3 Å². The van der Waals surface area contributed by atoms with E-state index in [4.69, 9.17) is 0 Å². The molecule has 1 heterocycles. The van der Waals surface area contributed by atoms with Crippen LogP contribution >= 0.6 is 11.3 Å². The summed E-state index contributed by atoms with van der Waals surface area (Å²) in [4.78, 5) is 12.0. The van der Waals surface area contributed by atoms with Gasteiger partial charge in [-0.15, -0.1) is 10.2 Å². The minimum atomic E-state index is -2.75. The van der Waals surface area contributed by atoms with Gasteiger partial charge in [0.1, 0.15) is 11.6 Å². The molecule has 0 bridgehead atoms. The maximum atomic E-state index is 13.6. The quantitative estimate of drug-likeness (QED) is 0.873. The summed E-state index contributed by atoms with van der Waals surface area (Å²) in [5.74, 6) is -2.65. The zero-order valence-electron chi connectivity index (χ0n) is 10.9. The number of carbonyl (C=O) groups is 1. The Balaban J connectivity index is 1.65. The van der Waals surface area contributed by atoms with Crippen molar-refractivity contribution in [2.75, 3.05) is 5.32 Å². The number of halogens is 4. The van der Waals surface area contributed by atoms with E-state index in [2.05, 4.69) is 15.5 Å². The van der Waals surface area contributed by atoms with Gasteiger partial charge >= 0.3 is 0 Å². The van der Waals surface area contributed by atoms with E-state index in [0.717, 1.165) is 12.1 Å². The smallest absolute Gasteiger partial charge is 0.291 e. The SMILES string of the molecule is O=C(Nc1nnc(C(F)F)s1)[C@H]1C[C@@H]1c1ccc(F)cc1F. The Kier molecular flexibility index (Phi) is 3.81. The molecule has 1 aliphatic carbocycles. The zero-order valence-corrected chi connectivity index (χ0v) is 11.7.